The van der Waals surface area contributed by atoms with E-state index in [1.54, 1.807) is 17.4 Å². The number of rotatable bonds is 5. The summed E-state index contributed by atoms with van der Waals surface area (Å²) < 4.78 is 13.2. The second-order valence-corrected chi connectivity index (χ2v) is 5.74. The summed E-state index contributed by atoms with van der Waals surface area (Å²) in [5.74, 6) is 5.26. The molecule has 2 aromatic rings. The van der Waals surface area contributed by atoms with Crippen LogP contribution in [-0.4, -0.2) is 11.0 Å². The molecule has 1 atom stereocenters. The molecule has 3 N–H and O–H groups in total. The molecule has 0 saturated carbocycles. The van der Waals surface area contributed by atoms with Gasteiger partial charge in [-0.2, -0.15) is 0 Å². The Labute approximate surface area is 120 Å². The molecule has 0 spiro atoms. The van der Waals surface area contributed by atoms with E-state index in [1.165, 1.54) is 12.1 Å². The Bertz CT molecular complexity index is 559. The van der Waals surface area contributed by atoms with Crippen molar-refractivity contribution in [3.05, 3.63) is 50.7 Å². The predicted octanol–water partition coefficient (Wildman–Crippen LogP) is 2.86. The van der Waals surface area contributed by atoms with Crippen molar-refractivity contribution in [1.82, 2.24) is 10.4 Å². The molecular formula is C13H15ClFN3S. The molecule has 0 aliphatic rings. The summed E-state index contributed by atoms with van der Waals surface area (Å²) in [7, 11) is 0. The molecule has 0 amide bonds. The van der Waals surface area contributed by atoms with E-state index in [2.05, 4.69) is 10.4 Å². The molecule has 3 nitrogen and oxygen atoms in total. The van der Waals surface area contributed by atoms with Gasteiger partial charge in [0, 0.05) is 28.6 Å². The van der Waals surface area contributed by atoms with Gasteiger partial charge in [0.25, 0.3) is 0 Å². The lowest BCUT2D eigenvalue weighted by Crippen LogP contribution is -2.38. The maximum atomic E-state index is 13.2. The quantitative estimate of drug-likeness (QED) is 0.659. The average molecular weight is 300 g/mol. The van der Waals surface area contributed by atoms with Gasteiger partial charge >= 0.3 is 0 Å². The van der Waals surface area contributed by atoms with E-state index in [-0.39, 0.29) is 11.9 Å². The van der Waals surface area contributed by atoms with E-state index in [1.807, 2.05) is 12.3 Å². The smallest absolute Gasteiger partial charge is 0.123 e. The largest absolute Gasteiger partial charge is 0.271 e. The Balaban J connectivity index is 2.08. The van der Waals surface area contributed by atoms with Crippen LogP contribution in [0.2, 0.25) is 5.02 Å². The summed E-state index contributed by atoms with van der Waals surface area (Å²) in [6.45, 7) is 1.95. The van der Waals surface area contributed by atoms with Crippen LogP contribution in [0.3, 0.4) is 0 Å². The van der Waals surface area contributed by atoms with Gasteiger partial charge in [-0.1, -0.05) is 11.6 Å². The Morgan fingerprint density at radius 2 is 2.26 bits per heavy atom. The van der Waals surface area contributed by atoms with Crippen LogP contribution in [0.4, 0.5) is 4.39 Å². The van der Waals surface area contributed by atoms with Gasteiger partial charge in [-0.3, -0.25) is 11.3 Å². The van der Waals surface area contributed by atoms with Gasteiger partial charge in [0.15, 0.2) is 0 Å². The number of nitrogens with two attached hydrogens (primary N) is 1. The zero-order valence-electron chi connectivity index (χ0n) is 10.5. The third-order valence-corrected chi connectivity index (χ3v) is 4.16. The fraction of sp³-hybridized carbons (Fsp3) is 0.308. The fourth-order valence-corrected chi connectivity index (χ4v) is 2.91. The van der Waals surface area contributed by atoms with Crippen molar-refractivity contribution in [3.63, 3.8) is 0 Å². The molecule has 0 saturated heterocycles. The van der Waals surface area contributed by atoms with Crippen molar-refractivity contribution in [2.45, 2.75) is 25.8 Å². The van der Waals surface area contributed by atoms with Gasteiger partial charge in [-0.25, -0.2) is 9.37 Å². The molecule has 6 heteroatoms. The van der Waals surface area contributed by atoms with Crippen molar-refractivity contribution in [2.24, 2.45) is 5.84 Å². The highest BCUT2D eigenvalue weighted by molar-refractivity contribution is 7.09. The lowest BCUT2D eigenvalue weighted by Gasteiger charge is -2.15. The number of thiazole rings is 1. The number of nitrogens with zero attached hydrogens (tertiary/aromatic N) is 1. The van der Waals surface area contributed by atoms with Gasteiger partial charge in [-0.15, -0.1) is 11.3 Å². The van der Waals surface area contributed by atoms with Crippen LogP contribution < -0.4 is 11.3 Å². The first-order chi connectivity index (χ1) is 9.08. The van der Waals surface area contributed by atoms with Crippen LogP contribution in [0.1, 0.15) is 16.3 Å². The molecule has 2 rings (SSSR count). The van der Waals surface area contributed by atoms with Crippen LogP contribution in [0.25, 0.3) is 0 Å². The monoisotopic (exact) mass is 299 g/mol. The maximum Gasteiger partial charge on any atom is 0.123 e. The molecule has 1 unspecified atom stereocenters. The molecule has 102 valence electrons. The number of benzene rings is 1. The van der Waals surface area contributed by atoms with Crippen LogP contribution in [0, 0.1) is 12.7 Å². The van der Waals surface area contributed by atoms with Gasteiger partial charge in [0.2, 0.25) is 0 Å². The normalized spacial score (nSPS) is 12.6. The van der Waals surface area contributed by atoms with E-state index in [9.17, 15) is 4.39 Å². The van der Waals surface area contributed by atoms with E-state index in [0.717, 1.165) is 16.3 Å². The standard InChI is InChI=1S/C13H15ClFN3S/c1-8-7-19-13(17-8)6-11(18-16)5-9-4-10(15)2-3-12(9)14/h2-4,7,11,18H,5-6,16H2,1H3. The second-order valence-electron chi connectivity index (χ2n) is 4.39. The molecule has 0 aliphatic heterocycles. The number of hydrogen-bond acceptors (Lipinski definition) is 4. The number of aromatic nitrogens is 1. The van der Waals surface area contributed by atoms with Crippen molar-refractivity contribution in [1.29, 1.82) is 0 Å². The van der Waals surface area contributed by atoms with Crippen LogP contribution in [0.15, 0.2) is 23.6 Å². The fourth-order valence-electron chi connectivity index (χ4n) is 1.86. The Morgan fingerprint density at radius 3 is 2.89 bits per heavy atom. The average Bonchev–Trinajstić information content (AvgIpc) is 2.78. The zero-order chi connectivity index (χ0) is 13.8. The lowest BCUT2D eigenvalue weighted by molar-refractivity contribution is 0.519. The van der Waals surface area contributed by atoms with E-state index in [4.69, 9.17) is 17.4 Å². The van der Waals surface area contributed by atoms with E-state index < -0.39 is 0 Å². The SMILES string of the molecule is Cc1csc(CC(Cc2cc(F)ccc2Cl)NN)n1. The first-order valence-electron chi connectivity index (χ1n) is 5.89. The molecule has 19 heavy (non-hydrogen) atoms. The molecule has 0 bridgehead atoms. The summed E-state index contributed by atoms with van der Waals surface area (Å²) >= 11 is 7.65. The second kappa shape index (κ2) is 6.43. The van der Waals surface area contributed by atoms with Gasteiger partial charge < -0.3 is 0 Å². The summed E-state index contributed by atoms with van der Waals surface area (Å²) in [5.41, 5.74) is 4.49. The summed E-state index contributed by atoms with van der Waals surface area (Å²) in [4.78, 5) is 4.40. The van der Waals surface area contributed by atoms with Crippen molar-refractivity contribution < 1.29 is 4.39 Å². The van der Waals surface area contributed by atoms with Crippen LogP contribution >= 0.6 is 22.9 Å². The van der Waals surface area contributed by atoms with Crippen LogP contribution in [-0.2, 0) is 12.8 Å². The Kier molecular flexibility index (Phi) is 4.87. The van der Waals surface area contributed by atoms with E-state index >= 15 is 0 Å². The first kappa shape index (κ1) is 14.4. The summed E-state index contributed by atoms with van der Waals surface area (Å²) in [6.07, 6.45) is 1.26. The number of hydrogen-bond donors (Lipinski definition) is 2. The molecule has 1 aromatic carbocycles. The third-order valence-electron chi connectivity index (χ3n) is 2.80. The molecule has 1 heterocycles. The zero-order valence-corrected chi connectivity index (χ0v) is 12.1. The van der Waals surface area contributed by atoms with Crippen molar-refractivity contribution in [3.8, 4) is 0 Å². The minimum absolute atomic E-state index is 0.0233. The number of aryl methyl sites for hydroxylation is 1. The summed E-state index contributed by atoms with van der Waals surface area (Å²) in [6, 6.07) is 4.33. The first-order valence-corrected chi connectivity index (χ1v) is 7.15. The maximum absolute atomic E-state index is 13.2. The molecule has 1 aromatic heterocycles. The Hall–Kier alpha value is -1.01. The van der Waals surface area contributed by atoms with Crippen molar-refractivity contribution in [2.75, 3.05) is 0 Å². The molecule has 0 fully saturated rings. The molecular weight excluding hydrogens is 285 g/mol. The highest BCUT2D eigenvalue weighted by atomic mass is 35.5. The number of hydrazine groups is 1. The minimum atomic E-state index is -0.291. The topological polar surface area (TPSA) is 50.9 Å². The highest BCUT2D eigenvalue weighted by Crippen LogP contribution is 2.20. The van der Waals surface area contributed by atoms with Gasteiger partial charge in [0.05, 0.1) is 5.01 Å². The minimum Gasteiger partial charge on any atom is -0.271 e. The Morgan fingerprint density at radius 1 is 1.47 bits per heavy atom. The molecule has 0 radical (unpaired) electrons. The van der Waals surface area contributed by atoms with Crippen LogP contribution in [0.5, 0.6) is 0 Å². The van der Waals surface area contributed by atoms with Crippen molar-refractivity contribution >= 4 is 22.9 Å². The highest BCUT2D eigenvalue weighted by Gasteiger charge is 2.13. The lowest BCUT2D eigenvalue weighted by atomic mass is 10.0. The molecule has 0 aliphatic carbocycles. The third kappa shape index (κ3) is 3.98. The number of halogens is 2. The van der Waals surface area contributed by atoms with Gasteiger partial charge in [0.1, 0.15) is 5.82 Å². The number of nitrogens with one attached hydrogen (secondary N) is 1. The predicted molar refractivity (Wildman–Crippen MR) is 76.8 cm³/mol. The summed E-state index contributed by atoms with van der Waals surface area (Å²) in [5, 5.41) is 3.56. The van der Waals surface area contributed by atoms with Gasteiger partial charge in [-0.05, 0) is 37.1 Å². The van der Waals surface area contributed by atoms with E-state index in [0.29, 0.717) is 17.9 Å².